The summed E-state index contributed by atoms with van der Waals surface area (Å²) in [5, 5.41) is 3.70. The summed E-state index contributed by atoms with van der Waals surface area (Å²) in [6.07, 6.45) is 5.72. The number of hydrogen-bond donors (Lipinski definition) is 1. The maximum Gasteiger partial charge on any atom is 0.00992 e. The molecule has 2 aliphatic heterocycles. The molecule has 3 unspecified atom stereocenters. The van der Waals surface area contributed by atoms with Crippen molar-refractivity contribution in [3.63, 3.8) is 0 Å². The first-order valence-electron chi connectivity index (χ1n) is 5.31. The Bertz CT molecular complexity index is 168. The first kappa shape index (κ1) is 8.55. The molecule has 1 heteroatoms. The predicted octanol–water partition coefficient (Wildman–Crippen LogP) is 2.56. The zero-order valence-corrected chi connectivity index (χ0v) is 8.56. The lowest BCUT2D eigenvalue weighted by Crippen LogP contribution is -2.25. The van der Waals surface area contributed by atoms with Gasteiger partial charge in [-0.3, -0.25) is 0 Å². The normalized spacial score (nSPS) is 40.8. The molecule has 2 rings (SSSR count). The Hall–Kier alpha value is -0.0400. The SMILES string of the molecule is CC(C)(C)CC1CC2CCC1N2. The maximum absolute atomic E-state index is 3.70. The van der Waals surface area contributed by atoms with Crippen molar-refractivity contribution >= 4 is 0 Å². The summed E-state index contributed by atoms with van der Waals surface area (Å²) in [6, 6.07) is 1.75. The molecule has 2 heterocycles. The van der Waals surface area contributed by atoms with Gasteiger partial charge in [-0.05, 0) is 37.0 Å². The van der Waals surface area contributed by atoms with Crippen LogP contribution in [-0.2, 0) is 0 Å². The predicted molar refractivity (Wildman–Crippen MR) is 52.1 cm³/mol. The molecule has 1 nitrogen and oxygen atoms in total. The lowest BCUT2D eigenvalue weighted by Gasteiger charge is -2.27. The van der Waals surface area contributed by atoms with Crippen LogP contribution >= 0.6 is 0 Å². The van der Waals surface area contributed by atoms with E-state index < -0.39 is 0 Å². The zero-order chi connectivity index (χ0) is 8.77. The van der Waals surface area contributed by atoms with Gasteiger partial charge in [0.2, 0.25) is 0 Å². The van der Waals surface area contributed by atoms with Crippen LogP contribution in [0.4, 0.5) is 0 Å². The fourth-order valence-corrected chi connectivity index (χ4v) is 2.95. The third-order valence-corrected chi connectivity index (χ3v) is 3.31. The van der Waals surface area contributed by atoms with Crippen LogP contribution in [-0.4, -0.2) is 12.1 Å². The van der Waals surface area contributed by atoms with Crippen molar-refractivity contribution in [1.82, 2.24) is 5.32 Å². The molecule has 70 valence electrons. The molecule has 0 saturated carbocycles. The summed E-state index contributed by atoms with van der Waals surface area (Å²) in [6.45, 7) is 7.08. The number of nitrogens with one attached hydrogen (secondary N) is 1. The first-order chi connectivity index (χ1) is 5.54. The van der Waals surface area contributed by atoms with Crippen LogP contribution in [0.2, 0.25) is 0 Å². The number of rotatable bonds is 1. The third kappa shape index (κ3) is 1.66. The van der Waals surface area contributed by atoms with Gasteiger partial charge in [0.25, 0.3) is 0 Å². The third-order valence-electron chi connectivity index (χ3n) is 3.31. The van der Waals surface area contributed by atoms with E-state index in [1.165, 1.54) is 25.7 Å². The summed E-state index contributed by atoms with van der Waals surface area (Å²) < 4.78 is 0. The van der Waals surface area contributed by atoms with Gasteiger partial charge in [0.15, 0.2) is 0 Å². The molecule has 0 aromatic heterocycles. The van der Waals surface area contributed by atoms with E-state index >= 15 is 0 Å². The average molecular weight is 167 g/mol. The van der Waals surface area contributed by atoms with E-state index in [2.05, 4.69) is 26.1 Å². The van der Waals surface area contributed by atoms with Crippen molar-refractivity contribution in [3.05, 3.63) is 0 Å². The molecule has 0 radical (unpaired) electrons. The highest BCUT2D eigenvalue weighted by molar-refractivity contribution is 4.98. The molecule has 2 aliphatic rings. The van der Waals surface area contributed by atoms with E-state index in [0.717, 1.165) is 18.0 Å². The Morgan fingerprint density at radius 1 is 1.25 bits per heavy atom. The fraction of sp³-hybridized carbons (Fsp3) is 1.00. The summed E-state index contributed by atoms with van der Waals surface area (Å²) >= 11 is 0. The van der Waals surface area contributed by atoms with Gasteiger partial charge in [0.1, 0.15) is 0 Å². The fourth-order valence-electron chi connectivity index (χ4n) is 2.95. The van der Waals surface area contributed by atoms with Crippen molar-refractivity contribution in [2.75, 3.05) is 0 Å². The Kier molecular flexibility index (Phi) is 1.95. The Morgan fingerprint density at radius 3 is 2.42 bits per heavy atom. The maximum atomic E-state index is 3.70. The van der Waals surface area contributed by atoms with Gasteiger partial charge in [-0.15, -0.1) is 0 Å². The van der Waals surface area contributed by atoms with Crippen molar-refractivity contribution < 1.29 is 0 Å². The first-order valence-corrected chi connectivity index (χ1v) is 5.31. The van der Waals surface area contributed by atoms with E-state index in [4.69, 9.17) is 0 Å². The molecule has 2 fully saturated rings. The Balaban J connectivity index is 1.91. The molecule has 0 aromatic carbocycles. The van der Waals surface area contributed by atoms with Crippen LogP contribution in [0.1, 0.15) is 46.5 Å². The lowest BCUT2D eigenvalue weighted by atomic mass is 9.77. The van der Waals surface area contributed by atoms with Crippen LogP contribution in [0.25, 0.3) is 0 Å². The monoisotopic (exact) mass is 167 g/mol. The summed E-state index contributed by atoms with van der Waals surface area (Å²) in [5.74, 6) is 0.976. The zero-order valence-electron chi connectivity index (χ0n) is 8.56. The van der Waals surface area contributed by atoms with Crippen molar-refractivity contribution in [3.8, 4) is 0 Å². The highest BCUT2D eigenvalue weighted by Gasteiger charge is 2.40. The van der Waals surface area contributed by atoms with E-state index in [0.29, 0.717) is 5.41 Å². The molecule has 0 spiro atoms. The smallest absolute Gasteiger partial charge is 0.00992 e. The number of hydrogen-bond acceptors (Lipinski definition) is 1. The molecule has 2 saturated heterocycles. The molecular formula is C11H21N. The largest absolute Gasteiger partial charge is 0.311 e. The van der Waals surface area contributed by atoms with Gasteiger partial charge in [-0.25, -0.2) is 0 Å². The standard InChI is InChI=1S/C11H21N/c1-11(2,3)7-8-6-9-4-5-10(8)12-9/h8-10,12H,4-7H2,1-3H3. The van der Waals surface area contributed by atoms with Gasteiger partial charge < -0.3 is 5.32 Å². The molecule has 12 heavy (non-hydrogen) atoms. The van der Waals surface area contributed by atoms with E-state index in [9.17, 15) is 0 Å². The van der Waals surface area contributed by atoms with Gasteiger partial charge in [0.05, 0.1) is 0 Å². The van der Waals surface area contributed by atoms with Gasteiger partial charge >= 0.3 is 0 Å². The molecular weight excluding hydrogens is 146 g/mol. The van der Waals surface area contributed by atoms with Crippen LogP contribution in [0, 0.1) is 11.3 Å². The summed E-state index contributed by atoms with van der Waals surface area (Å²) in [4.78, 5) is 0. The topological polar surface area (TPSA) is 12.0 Å². The minimum Gasteiger partial charge on any atom is -0.311 e. The van der Waals surface area contributed by atoms with Crippen molar-refractivity contribution in [1.29, 1.82) is 0 Å². The second-order valence-electron chi connectivity index (χ2n) is 5.81. The molecule has 0 amide bonds. The molecule has 2 bridgehead atoms. The van der Waals surface area contributed by atoms with Gasteiger partial charge in [-0.1, -0.05) is 20.8 Å². The number of fused-ring (bicyclic) bond motifs is 2. The van der Waals surface area contributed by atoms with E-state index in [1.54, 1.807) is 0 Å². The minimum absolute atomic E-state index is 0.525. The second kappa shape index (κ2) is 2.73. The van der Waals surface area contributed by atoms with Crippen molar-refractivity contribution in [2.24, 2.45) is 11.3 Å². The molecule has 1 N–H and O–H groups in total. The lowest BCUT2D eigenvalue weighted by molar-refractivity contribution is 0.258. The highest BCUT2D eigenvalue weighted by Crippen LogP contribution is 2.39. The highest BCUT2D eigenvalue weighted by atomic mass is 15.0. The van der Waals surface area contributed by atoms with Crippen molar-refractivity contribution in [2.45, 2.75) is 58.5 Å². The molecule has 3 atom stereocenters. The average Bonchev–Trinajstić information content (AvgIpc) is 2.42. The molecule has 0 aromatic rings. The van der Waals surface area contributed by atoms with E-state index in [1.807, 2.05) is 0 Å². The van der Waals surface area contributed by atoms with Gasteiger partial charge in [0, 0.05) is 12.1 Å². The summed E-state index contributed by atoms with van der Waals surface area (Å²) in [7, 11) is 0. The van der Waals surface area contributed by atoms with Crippen LogP contribution < -0.4 is 5.32 Å². The van der Waals surface area contributed by atoms with Crippen LogP contribution in [0.5, 0.6) is 0 Å². The van der Waals surface area contributed by atoms with Gasteiger partial charge in [-0.2, -0.15) is 0 Å². The van der Waals surface area contributed by atoms with Crippen LogP contribution in [0.3, 0.4) is 0 Å². The Morgan fingerprint density at radius 2 is 2.00 bits per heavy atom. The quantitative estimate of drug-likeness (QED) is 0.633. The van der Waals surface area contributed by atoms with Crippen LogP contribution in [0.15, 0.2) is 0 Å². The molecule has 0 aliphatic carbocycles. The second-order valence-corrected chi connectivity index (χ2v) is 5.81. The minimum atomic E-state index is 0.525. The Labute approximate surface area is 75.9 Å². The summed E-state index contributed by atoms with van der Waals surface area (Å²) in [5.41, 5.74) is 0.525. The van der Waals surface area contributed by atoms with E-state index in [-0.39, 0.29) is 0 Å².